The quantitative estimate of drug-likeness (QED) is 0.200. The highest BCUT2D eigenvalue weighted by Gasteiger charge is 2.75. The first kappa shape index (κ1) is 36.9. The number of fused-ring (bicyclic) bond motifs is 1. The fourth-order valence-corrected chi connectivity index (χ4v) is 8.13. The number of amides is 3. The van der Waals surface area contributed by atoms with Crippen molar-refractivity contribution >= 4 is 29.4 Å². The van der Waals surface area contributed by atoms with Gasteiger partial charge in [-0.1, -0.05) is 60.7 Å². The minimum Gasteiger partial charge on any atom is -0.455 e. The van der Waals surface area contributed by atoms with Crippen LogP contribution in [-0.2, 0) is 33.4 Å². The Morgan fingerprint density at radius 3 is 2.44 bits per heavy atom. The summed E-state index contributed by atoms with van der Waals surface area (Å²) in [5.74, 6) is -3.73. The number of hydrogen-bond donors (Lipinski definition) is 2. The highest BCUT2D eigenvalue weighted by Crippen LogP contribution is 2.59. The van der Waals surface area contributed by atoms with Crippen molar-refractivity contribution in [2.45, 2.75) is 82.4 Å². The minimum absolute atomic E-state index is 0.0549. The average Bonchev–Trinajstić information content (AvgIpc) is 3.76. The normalized spacial score (nSPS) is 25.4. The lowest BCUT2D eigenvalue weighted by molar-refractivity contribution is -0.163. The average molecular weight is 688 g/mol. The van der Waals surface area contributed by atoms with Crippen molar-refractivity contribution in [3.63, 3.8) is 0 Å². The second-order valence-corrected chi connectivity index (χ2v) is 13.5. The number of aliphatic hydroxyl groups is 1. The van der Waals surface area contributed by atoms with Gasteiger partial charge < -0.3 is 34.4 Å². The van der Waals surface area contributed by atoms with E-state index < -0.39 is 59.6 Å². The zero-order chi connectivity index (χ0) is 36.2. The number of hydrogen-bond acceptors (Lipinski definition) is 8. The van der Waals surface area contributed by atoms with Crippen LogP contribution in [0.4, 0.5) is 5.69 Å². The number of nitrogens with zero attached hydrogens (tertiary/aromatic N) is 2. The smallest absolute Gasteiger partial charge is 0.313 e. The van der Waals surface area contributed by atoms with Crippen LogP contribution in [0.1, 0.15) is 55.4 Å². The van der Waals surface area contributed by atoms with Crippen molar-refractivity contribution in [2.24, 2.45) is 11.8 Å². The molecule has 8 atom stereocenters. The first-order valence-corrected chi connectivity index (χ1v) is 17.3. The molecule has 3 saturated heterocycles. The second kappa shape index (κ2) is 15.7. The molecule has 2 bridgehead atoms. The number of carbonyl (C=O) groups is 4. The number of anilines is 1. The van der Waals surface area contributed by atoms with Gasteiger partial charge >= 0.3 is 5.97 Å². The Bertz CT molecular complexity index is 1580. The highest BCUT2D eigenvalue weighted by molar-refractivity contribution is 6.05. The highest BCUT2D eigenvalue weighted by atomic mass is 16.6. The molecule has 11 heteroatoms. The molecule has 268 valence electrons. The summed E-state index contributed by atoms with van der Waals surface area (Å²) in [6.07, 6.45) is 3.19. The molecule has 3 aliphatic rings. The number of allylic oxidation sites excluding steroid dienone is 1. The molecule has 0 saturated carbocycles. The number of benzene rings is 2. The Labute approximate surface area is 294 Å². The number of methoxy groups -OCH3 is 1. The van der Waals surface area contributed by atoms with E-state index in [4.69, 9.17) is 14.2 Å². The minimum atomic E-state index is -1.31. The third kappa shape index (κ3) is 6.74. The van der Waals surface area contributed by atoms with Crippen LogP contribution in [0.25, 0.3) is 0 Å². The number of esters is 1. The van der Waals surface area contributed by atoms with Gasteiger partial charge in [-0.15, -0.1) is 13.2 Å². The first-order valence-electron chi connectivity index (χ1n) is 17.3. The molecule has 3 amide bonds. The fourth-order valence-electron chi connectivity index (χ4n) is 8.13. The SMILES string of the molecule is C=CCCC(=O)N[C@@H](COC)[C@@H](OC(=O)[C@@H]1[C@@H]2CC[C@]3(O2)[C@H](C(=O)N(CC=C)c2c(C)cccc2C)N([C@H](C)CO)C(=O)[C@@H]13)c1ccccc1. The van der Waals surface area contributed by atoms with E-state index in [1.54, 1.807) is 36.1 Å². The van der Waals surface area contributed by atoms with Crippen LogP contribution >= 0.6 is 0 Å². The van der Waals surface area contributed by atoms with E-state index in [1.807, 2.05) is 50.2 Å². The number of nitrogens with one attached hydrogen (secondary N) is 1. The summed E-state index contributed by atoms with van der Waals surface area (Å²) in [5.41, 5.74) is 1.81. The lowest BCUT2D eigenvalue weighted by atomic mass is 9.70. The summed E-state index contributed by atoms with van der Waals surface area (Å²) in [6, 6.07) is 12.3. The van der Waals surface area contributed by atoms with Crippen LogP contribution in [0.5, 0.6) is 0 Å². The molecule has 0 aliphatic carbocycles. The maximum atomic E-state index is 14.9. The molecule has 5 rings (SSSR count). The van der Waals surface area contributed by atoms with Crippen LogP contribution in [0.15, 0.2) is 73.8 Å². The van der Waals surface area contributed by atoms with Crippen molar-refractivity contribution in [1.82, 2.24) is 10.2 Å². The molecular weight excluding hydrogens is 638 g/mol. The number of aliphatic hydroxyl groups excluding tert-OH is 1. The van der Waals surface area contributed by atoms with E-state index >= 15 is 0 Å². The molecule has 11 nitrogen and oxygen atoms in total. The van der Waals surface area contributed by atoms with Gasteiger partial charge in [0.1, 0.15) is 17.7 Å². The summed E-state index contributed by atoms with van der Waals surface area (Å²) < 4.78 is 18.4. The van der Waals surface area contributed by atoms with Gasteiger partial charge in [-0.3, -0.25) is 19.2 Å². The third-order valence-electron chi connectivity index (χ3n) is 10.3. The van der Waals surface area contributed by atoms with E-state index in [2.05, 4.69) is 18.5 Å². The Morgan fingerprint density at radius 2 is 1.82 bits per heavy atom. The van der Waals surface area contributed by atoms with Gasteiger partial charge in [0.25, 0.3) is 5.91 Å². The first-order chi connectivity index (χ1) is 24.0. The van der Waals surface area contributed by atoms with Gasteiger partial charge in [0.15, 0.2) is 0 Å². The summed E-state index contributed by atoms with van der Waals surface area (Å²) in [5, 5.41) is 13.3. The number of para-hydroxylation sites is 1. The van der Waals surface area contributed by atoms with Crippen LogP contribution in [-0.4, -0.2) is 90.4 Å². The Morgan fingerprint density at radius 1 is 1.12 bits per heavy atom. The van der Waals surface area contributed by atoms with Gasteiger partial charge in [0.05, 0.1) is 43.2 Å². The van der Waals surface area contributed by atoms with E-state index in [-0.39, 0.29) is 38.0 Å². The van der Waals surface area contributed by atoms with Crippen molar-refractivity contribution in [3.8, 4) is 0 Å². The van der Waals surface area contributed by atoms with Crippen LogP contribution in [0.2, 0.25) is 0 Å². The Kier molecular flexibility index (Phi) is 11.6. The number of rotatable bonds is 16. The standard InChI is InChI=1S/C39H49N3O8/c1-7-9-18-30(44)40-28(23-48-6)34(27-16-11-10-12-17-27)49-38(47)31-29-19-20-39(50-29)32(31)36(45)42(26(5)22-43)35(39)37(46)41(21-8-2)33-24(3)14-13-15-25(33)4/h7-8,10-17,26,28-29,31-32,34-35,43H,1-2,9,18-23H2,3-6H3,(H,40,44)/t26-,28+,29+,31-,32-,34+,35+,39-/m1/s1. The molecule has 2 N–H and O–H groups in total. The summed E-state index contributed by atoms with van der Waals surface area (Å²) >= 11 is 0. The van der Waals surface area contributed by atoms with Gasteiger partial charge in [0, 0.05) is 25.8 Å². The summed E-state index contributed by atoms with van der Waals surface area (Å²) in [7, 11) is 1.50. The van der Waals surface area contributed by atoms with Crippen molar-refractivity contribution in [3.05, 3.63) is 90.5 Å². The Hall–Kier alpha value is -4.32. The number of carbonyl (C=O) groups excluding carboxylic acids is 4. The monoisotopic (exact) mass is 687 g/mol. The molecule has 0 radical (unpaired) electrons. The predicted octanol–water partition coefficient (Wildman–Crippen LogP) is 3.96. The van der Waals surface area contributed by atoms with Crippen molar-refractivity contribution in [1.29, 1.82) is 0 Å². The molecule has 0 unspecified atom stereocenters. The lowest BCUT2D eigenvalue weighted by Gasteiger charge is -2.39. The topological polar surface area (TPSA) is 135 Å². The molecular formula is C39H49N3O8. The van der Waals surface area contributed by atoms with Gasteiger partial charge in [-0.25, -0.2) is 0 Å². The Balaban J connectivity index is 1.52. The molecule has 3 fully saturated rings. The molecule has 0 aromatic heterocycles. The zero-order valence-corrected chi connectivity index (χ0v) is 29.4. The molecule has 3 heterocycles. The third-order valence-corrected chi connectivity index (χ3v) is 10.3. The van der Waals surface area contributed by atoms with E-state index in [9.17, 15) is 24.3 Å². The van der Waals surface area contributed by atoms with E-state index in [0.717, 1.165) is 16.8 Å². The maximum absolute atomic E-state index is 14.9. The van der Waals surface area contributed by atoms with Crippen molar-refractivity contribution in [2.75, 3.05) is 31.8 Å². The maximum Gasteiger partial charge on any atom is 0.313 e. The van der Waals surface area contributed by atoms with E-state index in [1.165, 1.54) is 12.0 Å². The number of aryl methyl sites for hydroxylation is 2. The van der Waals surface area contributed by atoms with Gasteiger partial charge in [-0.2, -0.15) is 0 Å². The van der Waals surface area contributed by atoms with E-state index in [0.29, 0.717) is 24.8 Å². The number of likely N-dealkylation sites (tertiary alicyclic amines) is 1. The molecule has 1 spiro atoms. The summed E-state index contributed by atoms with van der Waals surface area (Å²) in [4.78, 5) is 59.7. The predicted molar refractivity (Wildman–Crippen MR) is 188 cm³/mol. The fraction of sp³-hybridized carbons (Fsp3) is 0.487. The largest absolute Gasteiger partial charge is 0.455 e. The van der Waals surface area contributed by atoms with Crippen LogP contribution < -0.4 is 10.2 Å². The summed E-state index contributed by atoms with van der Waals surface area (Å²) in [6.45, 7) is 13.0. The van der Waals surface area contributed by atoms with Crippen LogP contribution in [0.3, 0.4) is 0 Å². The second-order valence-electron chi connectivity index (χ2n) is 13.5. The molecule has 50 heavy (non-hydrogen) atoms. The zero-order valence-electron chi connectivity index (χ0n) is 29.4. The van der Waals surface area contributed by atoms with Crippen LogP contribution in [0, 0.1) is 25.7 Å². The number of ether oxygens (including phenoxy) is 3. The molecule has 3 aliphatic heterocycles. The molecule has 2 aromatic carbocycles. The van der Waals surface area contributed by atoms with Gasteiger partial charge in [-0.05, 0) is 56.7 Å². The van der Waals surface area contributed by atoms with Crippen molar-refractivity contribution < 1.29 is 38.5 Å². The lowest BCUT2D eigenvalue weighted by Crippen LogP contribution is -2.58. The van der Waals surface area contributed by atoms with Gasteiger partial charge in [0.2, 0.25) is 11.8 Å². The molecule has 2 aromatic rings.